The third-order valence-electron chi connectivity index (χ3n) is 4.67. The number of hydrogen-bond acceptors (Lipinski definition) is 7. The molecule has 9 nitrogen and oxygen atoms in total. The van der Waals surface area contributed by atoms with Crippen LogP contribution in [0, 0.1) is 0 Å². The van der Waals surface area contributed by atoms with Crippen molar-refractivity contribution >= 4 is 35.1 Å². The van der Waals surface area contributed by atoms with E-state index < -0.39 is 0 Å². The number of likely N-dealkylation sites (tertiary alicyclic amines) is 1. The molecule has 1 heterocycles. The molecule has 1 aromatic rings. The van der Waals surface area contributed by atoms with E-state index in [-0.39, 0.29) is 42.0 Å². The number of amides is 2. The van der Waals surface area contributed by atoms with Gasteiger partial charge in [0, 0.05) is 39.2 Å². The van der Waals surface area contributed by atoms with Crippen molar-refractivity contribution in [1.29, 1.82) is 0 Å². The van der Waals surface area contributed by atoms with E-state index in [0.717, 1.165) is 0 Å². The summed E-state index contributed by atoms with van der Waals surface area (Å²) in [5.41, 5.74) is 0.670. The van der Waals surface area contributed by atoms with Gasteiger partial charge < -0.3 is 24.8 Å². The molecule has 0 aliphatic carbocycles. The van der Waals surface area contributed by atoms with Crippen LogP contribution in [0.3, 0.4) is 0 Å². The summed E-state index contributed by atoms with van der Waals surface area (Å²) in [5, 5.41) is 5.84. The Morgan fingerprint density at radius 1 is 1.17 bits per heavy atom. The molecule has 1 fully saturated rings. The summed E-state index contributed by atoms with van der Waals surface area (Å²) < 4.78 is 15.2. The first-order valence-corrected chi connectivity index (χ1v) is 10.0. The molecular weight excluding hydrogens is 414 g/mol. The van der Waals surface area contributed by atoms with E-state index >= 15 is 0 Å². The second-order valence-electron chi connectivity index (χ2n) is 6.95. The molecule has 0 aromatic heterocycles. The van der Waals surface area contributed by atoms with Gasteiger partial charge in [0.05, 0.1) is 36.5 Å². The summed E-state index contributed by atoms with van der Waals surface area (Å²) in [5.74, 6) is -0.545. The first kappa shape index (κ1) is 23.9. The van der Waals surface area contributed by atoms with Crippen LogP contribution < -0.4 is 15.4 Å². The van der Waals surface area contributed by atoms with Crippen LogP contribution in [0.4, 0.5) is 5.69 Å². The summed E-state index contributed by atoms with van der Waals surface area (Å²) in [6.07, 6.45) is 1.41. The largest absolute Gasteiger partial charge is 0.496 e. The third kappa shape index (κ3) is 7.16. The van der Waals surface area contributed by atoms with E-state index in [1.807, 2.05) is 4.90 Å². The number of ether oxygens (including phenoxy) is 3. The van der Waals surface area contributed by atoms with Crippen molar-refractivity contribution in [3.63, 3.8) is 0 Å². The van der Waals surface area contributed by atoms with Crippen LogP contribution in [-0.2, 0) is 19.1 Å². The summed E-state index contributed by atoms with van der Waals surface area (Å²) in [4.78, 5) is 37.8. The maximum atomic E-state index is 12.7. The third-order valence-corrected chi connectivity index (χ3v) is 4.98. The molecular formula is C20H28ClN3O6. The Morgan fingerprint density at radius 2 is 1.87 bits per heavy atom. The van der Waals surface area contributed by atoms with Crippen molar-refractivity contribution in [2.75, 3.05) is 52.4 Å². The molecule has 0 radical (unpaired) electrons. The number of methoxy groups -OCH3 is 2. The quantitative estimate of drug-likeness (QED) is 0.443. The van der Waals surface area contributed by atoms with Gasteiger partial charge in [0.2, 0.25) is 5.91 Å². The highest BCUT2D eigenvalue weighted by Gasteiger charge is 2.24. The van der Waals surface area contributed by atoms with Gasteiger partial charge in [0.15, 0.2) is 0 Å². The molecule has 0 unspecified atom stereocenters. The van der Waals surface area contributed by atoms with Crippen LogP contribution in [0.25, 0.3) is 0 Å². The van der Waals surface area contributed by atoms with E-state index in [4.69, 9.17) is 25.8 Å². The predicted molar refractivity (Wildman–Crippen MR) is 112 cm³/mol. The lowest BCUT2D eigenvalue weighted by molar-refractivity contribution is -0.146. The number of anilines is 1. The average Bonchev–Trinajstić information content (AvgIpc) is 2.70. The molecule has 0 spiro atoms. The van der Waals surface area contributed by atoms with Crippen LogP contribution in [0.15, 0.2) is 12.1 Å². The van der Waals surface area contributed by atoms with Crippen molar-refractivity contribution in [3.05, 3.63) is 22.7 Å². The number of halogens is 1. The lowest BCUT2D eigenvalue weighted by Gasteiger charge is -2.31. The van der Waals surface area contributed by atoms with Crippen LogP contribution >= 0.6 is 11.6 Å². The number of esters is 1. The van der Waals surface area contributed by atoms with Crippen molar-refractivity contribution in [3.8, 4) is 5.75 Å². The standard InChI is InChI=1S/C20H28ClN3O6/c1-13(25)22-17-11-18(29-3)15(10-16(17)21)20(27)23-14-4-6-24(7-5-14)12-19(26)30-9-8-28-2/h10-11,14H,4-9,12H2,1-3H3,(H,22,25)(H,23,27). The zero-order valence-corrected chi connectivity index (χ0v) is 18.2. The maximum absolute atomic E-state index is 12.7. The first-order chi connectivity index (χ1) is 14.3. The number of piperidine rings is 1. The topological polar surface area (TPSA) is 106 Å². The summed E-state index contributed by atoms with van der Waals surface area (Å²) in [7, 11) is 3.00. The van der Waals surface area contributed by atoms with E-state index in [1.165, 1.54) is 26.2 Å². The molecule has 0 bridgehead atoms. The Morgan fingerprint density at radius 3 is 2.47 bits per heavy atom. The summed E-state index contributed by atoms with van der Waals surface area (Å²) >= 11 is 6.19. The molecule has 0 atom stereocenters. The number of benzene rings is 1. The minimum absolute atomic E-state index is 0.0308. The molecule has 0 saturated carbocycles. The molecule has 2 rings (SSSR count). The molecule has 2 amide bonds. The molecule has 10 heteroatoms. The van der Waals surface area contributed by atoms with Gasteiger partial charge in [0.1, 0.15) is 12.4 Å². The van der Waals surface area contributed by atoms with Gasteiger partial charge in [-0.05, 0) is 18.9 Å². The van der Waals surface area contributed by atoms with Crippen molar-refractivity contribution in [2.24, 2.45) is 0 Å². The summed E-state index contributed by atoms with van der Waals surface area (Å²) in [6, 6.07) is 2.97. The van der Waals surface area contributed by atoms with Gasteiger partial charge in [-0.3, -0.25) is 19.3 Å². The van der Waals surface area contributed by atoms with Gasteiger partial charge in [0.25, 0.3) is 5.91 Å². The highest BCUT2D eigenvalue weighted by atomic mass is 35.5. The summed E-state index contributed by atoms with van der Waals surface area (Å²) in [6.45, 7) is 3.55. The molecule has 166 valence electrons. The van der Waals surface area contributed by atoms with Gasteiger partial charge in [-0.15, -0.1) is 0 Å². The normalized spacial score (nSPS) is 14.8. The number of nitrogens with zero attached hydrogens (tertiary/aromatic N) is 1. The van der Waals surface area contributed by atoms with Crippen molar-refractivity contribution in [2.45, 2.75) is 25.8 Å². The Labute approximate surface area is 181 Å². The molecule has 2 N–H and O–H groups in total. The van der Waals surface area contributed by atoms with E-state index in [9.17, 15) is 14.4 Å². The first-order valence-electron chi connectivity index (χ1n) is 9.67. The van der Waals surface area contributed by atoms with E-state index in [1.54, 1.807) is 7.11 Å². The van der Waals surface area contributed by atoms with Crippen LogP contribution in [0.1, 0.15) is 30.1 Å². The molecule has 1 aliphatic rings. The Bertz CT molecular complexity index is 765. The molecule has 30 heavy (non-hydrogen) atoms. The Balaban J connectivity index is 1.89. The van der Waals surface area contributed by atoms with Crippen LogP contribution in [0.2, 0.25) is 5.02 Å². The minimum atomic E-state index is -0.305. The van der Waals surface area contributed by atoms with Crippen molar-refractivity contribution < 1.29 is 28.6 Å². The van der Waals surface area contributed by atoms with E-state index in [2.05, 4.69) is 10.6 Å². The fourth-order valence-electron chi connectivity index (χ4n) is 3.15. The fraction of sp³-hybridized carbons (Fsp3) is 0.550. The lowest BCUT2D eigenvalue weighted by atomic mass is 10.0. The minimum Gasteiger partial charge on any atom is -0.496 e. The van der Waals surface area contributed by atoms with Crippen LogP contribution in [0.5, 0.6) is 5.75 Å². The lowest BCUT2D eigenvalue weighted by Crippen LogP contribution is -2.46. The molecule has 1 saturated heterocycles. The second kappa shape index (κ2) is 11.7. The fourth-order valence-corrected chi connectivity index (χ4v) is 3.36. The predicted octanol–water partition coefficient (Wildman–Crippen LogP) is 1.69. The highest BCUT2D eigenvalue weighted by Crippen LogP contribution is 2.31. The number of hydrogen-bond donors (Lipinski definition) is 2. The second-order valence-corrected chi connectivity index (χ2v) is 7.36. The Hall–Kier alpha value is -2.36. The van der Waals surface area contributed by atoms with Gasteiger partial charge in [-0.25, -0.2) is 0 Å². The smallest absolute Gasteiger partial charge is 0.320 e. The SMILES string of the molecule is COCCOC(=O)CN1CCC(NC(=O)c2cc(Cl)c(NC(C)=O)cc2OC)CC1. The number of carbonyl (C=O) groups is 3. The van der Waals surface area contributed by atoms with Gasteiger partial charge >= 0.3 is 5.97 Å². The number of carbonyl (C=O) groups excluding carboxylic acids is 3. The highest BCUT2D eigenvalue weighted by molar-refractivity contribution is 6.34. The van der Waals surface area contributed by atoms with E-state index in [0.29, 0.717) is 49.5 Å². The van der Waals surface area contributed by atoms with Crippen molar-refractivity contribution in [1.82, 2.24) is 10.2 Å². The maximum Gasteiger partial charge on any atom is 0.320 e. The van der Waals surface area contributed by atoms with Gasteiger partial charge in [-0.2, -0.15) is 0 Å². The molecule has 1 aliphatic heterocycles. The average molecular weight is 442 g/mol. The van der Waals surface area contributed by atoms with Crippen LogP contribution in [-0.4, -0.2) is 75.8 Å². The van der Waals surface area contributed by atoms with Gasteiger partial charge in [-0.1, -0.05) is 11.6 Å². The number of rotatable bonds is 9. The zero-order chi connectivity index (χ0) is 22.1. The molecule has 1 aromatic carbocycles. The zero-order valence-electron chi connectivity index (χ0n) is 17.5. The monoisotopic (exact) mass is 441 g/mol. The Kier molecular flexibility index (Phi) is 9.35. The number of nitrogens with one attached hydrogen (secondary N) is 2.